The second-order valence-electron chi connectivity index (χ2n) is 4.42. The Labute approximate surface area is 115 Å². The SMILES string of the molecule is C=C(C)C(=O)OCC(C)(C)NCC[I-]C(F)(F)F. The minimum atomic E-state index is -4.02. The molecule has 18 heavy (non-hydrogen) atoms. The molecule has 0 radical (unpaired) electrons. The Balaban J connectivity index is 3.87. The van der Waals surface area contributed by atoms with Gasteiger partial charge in [-0.25, -0.2) is 0 Å². The molecule has 0 atom stereocenters. The molecule has 0 aromatic rings. The van der Waals surface area contributed by atoms with Gasteiger partial charge in [-0.2, -0.15) is 0 Å². The van der Waals surface area contributed by atoms with E-state index in [0.29, 0.717) is 5.57 Å². The summed E-state index contributed by atoms with van der Waals surface area (Å²) in [6.07, 6.45) is 0. The molecule has 0 aliphatic rings. The van der Waals surface area contributed by atoms with E-state index >= 15 is 0 Å². The van der Waals surface area contributed by atoms with E-state index in [9.17, 15) is 18.0 Å². The van der Waals surface area contributed by atoms with Gasteiger partial charge in [0.15, 0.2) is 0 Å². The fourth-order valence-electron chi connectivity index (χ4n) is 0.960. The van der Waals surface area contributed by atoms with Crippen LogP contribution in [-0.2, 0) is 9.53 Å². The van der Waals surface area contributed by atoms with Crippen LogP contribution in [0.1, 0.15) is 20.8 Å². The van der Waals surface area contributed by atoms with E-state index in [-0.39, 0.29) is 17.6 Å². The minimum absolute atomic E-state index is 0.100. The van der Waals surface area contributed by atoms with Gasteiger partial charge in [-0.1, -0.05) is 0 Å². The van der Waals surface area contributed by atoms with E-state index in [0.717, 1.165) is 0 Å². The van der Waals surface area contributed by atoms with Crippen molar-refractivity contribution in [2.75, 3.05) is 17.6 Å². The van der Waals surface area contributed by atoms with Crippen molar-refractivity contribution in [2.24, 2.45) is 0 Å². The number of esters is 1. The van der Waals surface area contributed by atoms with E-state index in [1.54, 1.807) is 13.8 Å². The monoisotopic (exact) mass is 380 g/mol. The number of hydrogen-bond acceptors (Lipinski definition) is 3. The van der Waals surface area contributed by atoms with Crippen molar-refractivity contribution < 1.29 is 43.9 Å². The van der Waals surface area contributed by atoms with Crippen LogP contribution >= 0.6 is 0 Å². The van der Waals surface area contributed by atoms with Crippen molar-refractivity contribution in [1.82, 2.24) is 5.32 Å². The predicted octanol–water partition coefficient (Wildman–Crippen LogP) is -0.917. The van der Waals surface area contributed by atoms with Gasteiger partial charge in [0.2, 0.25) is 0 Å². The van der Waals surface area contributed by atoms with Gasteiger partial charge < -0.3 is 0 Å². The van der Waals surface area contributed by atoms with Crippen LogP contribution in [0.25, 0.3) is 0 Å². The summed E-state index contributed by atoms with van der Waals surface area (Å²) in [5, 5.41) is 2.95. The van der Waals surface area contributed by atoms with Gasteiger partial charge >= 0.3 is 115 Å². The number of rotatable bonds is 7. The Kier molecular flexibility index (Phi) is 7.19. The molecule has 0 bridgehead atoms. The maximum absolute atomic E-state index is 12.0. The zero-order chi connectivity index (χ0) is 14.4. The third kappa shape index (κ3) is 9.69. The zero-order valence-electron chi connectivity index (χ0n) is 10.7. The van der Waals surface area contributed by atoms with Gasteiger partial charge in [-0.05, 0) is 0 Å². The maximum atomic E-state index is 12.0. The molecule has 0 aliphatic carbocycles. The molecule has 7 heteroatoms. The van der Waals surface area contributed by atoms with Crippen LogP contribution in [0.4, 0.5) is 13.2 Å². The average Bonchev–Trinajstić information content (AvgIpc) is 2.20. The molecule has 0 aromatic carbocycles. The fourth-order valence-corrected chi connectivity index (χ4v) is 2.11. The Hall–Kier alpha value is -0.310. The zero-order valence-corrected chi connectivity index (χ0v) is 12.8. The van der Waals surface area contributed by atoms with Crippen LogP contribution in [0.15, 0.2) is 12.2 Å². The topological polar surface area (TPSA) is 38.3 Å². The molecule has 3 nitrogen and oxygen atoms in total. The first kappa shape index (κ1) is 17.7. The summed E-state index contributed by atoms with van der Waals surface area (Å²) in [5.41, 5.74) is -0.241. The van der Waals surface area contributed by atoms with Crippen LogP contribution in [0, 0.1) is 0 Å². The van der Waals surface area contributed by atoms with Crippen molar-refractivity contribution in [1.29, 1.82) is 0 Å². The van der Waals surface area contributed by atoms with Gasteiger partial charge in [0, 0.05) is 0 Å². The average molecular weight is 380 g/mol. The van der Waals surface area contributed by atoms with Crippen LogP contribution in [-0.4, -0.2) is 33.3 Å². The molecule has 0 fully saturated rings. The number of carbonyl (C=O) groups excluding carboxylic acids is 1. The third-order valence-corrected chi connectivity index (χ3v) is 3.80. The standard InChI is InChI=1S/C11H18F3INO2/c1-8(2)9(17)18-7-10(3,4)16-6-5-15-11(12,13)14/h16H,1,5-7H2,2-4H3/q-1. The van der Waals surface area contributed by atoms with Crippen LogP contribution in [0.2, 0.25) is 0 Å². The van der Waals surface area contributed by atoms with E-state index < -0.39 is 36.9 Å². The van der Waals surface area contributed by atoms with Crippen LogP contribution in [0.3, 0.4) is 0 Å². The Bertz CT molecular complexity index is 303. The van der Waals surface area contributed by atoms with Gasteiger partial charge in [-0.15, -0.1) is 0 Å². The van der Waals surface area contributed by atoms with Crippen molar-refractivity contribution in [3.8, 4) is 0 Å². The second-order valence-corrected chi connectivity index (χ2v) is 7.48. The number of alkyl halides is 5. The quantitative estimate of drug-likeness (QED) is 0.204. The van der Waals surface area contributed by atoms with Crippen molar-refractivity contribution in [2.45, 2.75) is 30.5 Å². The normalized spacial score (nSPS) is 12.6. The van der Waals surface area contributed by atoms with Gasteiger partial charge in [0.1, 0.15) is 0 Å². The summed E-state index contributed by atoms with van der Waals surface area (Å²) in [5.74, 6) is -0.493. The molecule has 0 heterocycles. The summed E-state index contributed by atoms with van der Waals surface area (Å²) in [7, 11) is 0. The number of nitrogens with one attached hydrogen (secondary N) is 1. The first-order valence-corrected chi connectivity index (χ1v) is 7.89. The fraction of sp³-hybridized carbons (Fsp3) is 0.727. The van der Waals surface area contributed by atoms with Gasteiger partial charge in [-0.3, -0.25) is 0 Å². The predicted molar refractivity (Wildman–Crippen MR) is 58.8 cm³/mol. The van der Waals surface area contributed by atoms with Crippen LogP contribution in [0.5, 0.6) is 0 Å². The molecular formula is C11H18F3INO2-. The molecule has 0 rings (SSSR count). The molecule has 1 N–H and O–H groups in total. The molecule has 108 valence electrons. The van der Waals surface area contributed by atoms with E-state index in [2.05, 4.69) is 11.9 Å². The third-order valence-electron chi connectivity index (χ3n) is 1.86. The van der Waals surface area contributed by atoms with E-state index in [1.165, 1.54) is 6.92 Å². The first-order chi connectivity index (χ1) is 8.03. The number of hydrogen-bond donors (Lipinski definition) is 1. The number of ether oxygens (including phenoxy) is 1. The summed E-state index contributed by atoms with van der Waals surface area (Å²) in [6.45, 7) is 8.89. The summed E-state index contributed by atoms with van der Waals surface area (Å²) < 4.78 is 36.9. The van der Waals surface area contributed by atoms with Crippen molar-refractivity contribution >= 4 is 5.97 Å². The molecule has 0 saturated heterocycles. The molecule has 0 unspecified atom stereocenters. The Morgan fingerprint density at radius 2 is 1.94 bits per heavy atom. The Morgan fingerprint density at radius 3 is 2.39 bits per heavy atom. The van der Waals surface area contributed by atoms with Crippen LogP contribution < -0.4 is 26.5 Å². The van der Waals surface area contributed by atoms with Crippen molar-refractivity contribution in [3.05, 3.63) is 12.2 Å². The van der Waals surface area contributed by atoms with E-state index in [4.69, 9.17) is 4.74 Å². The molecule has 0 amide bonds. The number of carbonyl (C=O) groups is 1. The molecular weight excluding hydrogens is 362 g/mol. The summed E-state index contributed by atoms with van der Waals surface area (Å²) in [4.78, 5) is 11.2. The summed E-state index contributed by atoms with van der Waals surface area (Å²) >= 11 is -1.79. The van der Waals surface area contributed by atoms with Gasteiger partial charge in [0.05, 0.1) is 0 Å². The second kappa shape index (κ2) is 7.32. The van der Waals surface area contributed by atoms with Gasteiger partial charge in [0.25, 0.3) is 0 Å². The first-order valence-electron chi connectivity index (χ1n) is 5.28. The molecule has 0 spiro atoms. The van der Waals surface area contributed by atoms with Crippen molar-refractivity contribution in [3.63, 3.8) is 0 Å². The molecule has 0 aromatic heterocycles. The molecule has 0 saturated carbocycles. The van der Waals surface area contributed by atoms with E-state index in [1.807, 2.05) is 0 Å². The number of halogens is 4. The Morgan fingerprint density at radius 1 is 1.39 bits per heavy atom. The molecule has 0 aliphatic heterocycles. The summed E-state index contributed by atoms with van der Waals surface area (Å²) in [6, 6.07) is 0.